The summed E-state index contributed by atoms with van der Waals surface area (Å²) in [5.74, 6) is 0.808. The van der Waals surface area contributed by atoms with Crippen LogP contribution in [0.5, 0.6) is 5.75 Å². The van der Waals surface area contributed by atoms with Crippen LogP contribution in [0.4, 0.5) is 0 Å². The number of amides is 1. The van der Waals surface area contributed by atoms with Crippen molar-refractivity contribution in [3.8, 4) is 5.75 Å². The fourth-order valence-corrected chi connectivity index (χ4v) is 5.43. The highest BCUT2D eigenvalue weighted by Crippen LogP contribution is 2.26. The zero-order valence-corrected chi connectivity index (χ0v) is 19.9. The first kappa shape index (κ1) is 24.2. The molecular formula is C24H32N2O5S. The number of carbonyl (C=O) groups excluding carboxylic acids is 1. The second kappa shape index (κ2) is 10.5. The molecule has 1 N–H and O–H groups in total. The number of morpholine rings is 1. The minimum Gasteiger partial charge on any atom is -0.497 e. The lowest BCUT2D eigenvalue weighted by Crippen LogP contribution is -2.41. The molecule has 32 heavy (non-hydrogen) atoms. The van der Waals surface area contributed by atoms with Gasteiger partial charge < -0.3 is 14.8 Å². The van der Waals surface area contributed by atoms with Crippen molar-refractivity contribution in [2.24, 2.45) is 5.92 Å². The Labute approximate surface area is 190 Å². The summed E-state index contributed by atoms with van der Waals surface area (Å²) in [4.78, 5) is 13.3. The summed E-state index contributed by atoms with van der Waals surface area (Å²) in [6.45, 7) is 7.31. The Balaban J connectivity index is 1.86. The maximum absolute atomic E-state index is 13.2. The first-order chi connectivity index (χ1) is 15.2. The molecule has 0 spiro atoms. The van der Waals surface area contributed by atoms with Crippen LogP contribution in [0.15, 0.2) is 47.4 Å². The summed E-state index contributed by atoms with van der Waals surface area (Å²) in [6, 6.07) is 12.3. The standard InChI is InChI=1S/C24H32N2O5S/c1-17(2)15-22(19-7-9-21(30-4)10-8-19)25-24(27)20-6-5-18(3)23(16-20)32(28,29)26-11-13-31-14-12-26/h5-10,16-17,22H,11-15H2,1-4H3,(H,25,27). The summed E-state index contributed by atoms with van der Waals surface area (Å²) in [5, 5.41) is 3.09. The third-order valence-electron chi connectivity index (χ3n) is 5.57. The average molecular weight is 461 g/mol. The fourth-order valence-electron chi connectivity index (χ4n) is 3.77. The van der Waals surface area contributed by atoms with Gasteiger partial charge in [-0.2, -0.15) is 4.31 Å². The number of sulfonamides is 1. The lowest BCUT2D eigenvalue weighted by Gasteiger charge is -2.27. The van der Waals surface area contributed by atoms with Gasteiger partial charge in [-0.15, -0.1) is 0 Å². The van der Waals surface area contributed by atoms with Gasteiger partial charge in [0.2, 0.25) is 10.0 Å². The summed E-state index contributed by atoms with van der Waals surface area (Å²) >= 11 is 0. The maximum Gasteiger partial charge on any atom is 0.251 e. The monoisotopic (exact) mass is 460 g/mol. The Morgan fingerprint density at radius 2 is 1.78 bits per heavy atom. The number of carbonyl (C=O) groups is 1. The van der Waals surface area contributed by atoms with Gasteiger partial charge in [0.25, 0.3) is 5.91 Å². The van der Waals surface area contributed by atoms with Crippen LogP contribution >= 0.6 is 0 Å². The second-order valence-corrected chi connectivity index (χ2v) is 10.3. The Hall–Kier alpha value is -2.42. The number of nitrogens with zero attached hydrogens (tertiary/aromatic N) is 1. The number of nitrogens with one attached hydrogen (secondary N) is 1. The quantitative estimate of drug-likeness (QED) is 0.651. The minimum atomic E-state index is -3.70. The predicted molar refractivity (Wildman–Crippen MR) is 123 cm³/mol. The van der Waals surface area contributed by atoms with Gasteiger partial charge in [0.1, 0.15) is 5.75 Å². The van der Waals surface area contributed by atoms with Crippen molar-refractivity contribution >= 4 is 15.9 Å². The van der Waals surface area contributed by atoms with Crippen molar-refractivity contribution < 1.29 is 22.7 Å². The topological polar surface area (TPSA) is 84.9 Å². The Morgan fingerprint density at radius 3 is 2.38 bits per heavy atom. The van der Waals surface area contributed by atoms with Gasteiger partial charge in [0.15, 0.2) is 0 Å². The van der Waals surface area contributed by atoms with Gasteiger partial charge in [-0.1, -0.05) is 32.0 Å². The Kier molecular flexibility index (Phi) is 7.92. The van der Waals surface area contributed by atoms with Crippen molar-refractivity contribution in [1.29, 1.82) is 0 Å². The van der Waals surface area contributed by atoms with E-state index < -0.39 is 10.0 Å². The predicted octanol–water partition coefficient (Wildman–Crippen LogP) is 3.54. The van der Waals surface area contributed by atoms with Crippen molar-refractivity contribution in [2.45, 2.75) is 38.1 Å². The largest absolute Gasteiger partial charge is 0.497 e. The Morgan fingerprint density at radius 1 is 1.12 bits per heavy atom. The first-order valence-corrected chi connectivity index (χ1v) is 12.3. The molecular weight excluding hydrogens is 428 g/mol. The molecule has 0 aromatic heterocycles. The molecule has 1 aliphatic rings. The number of ether oxygens (including phenoxy) is 2. The zero-order valence-electron chi connectivity index (χ0n) is 19.1. The highest BCUT2D eigenvalue weighted by Gasteiger charge is 2.29. The number of rotatable bonds is 8. The van der Waals surface area contributed by atoms with Gasteiger partial charge in [-0.25, -0.2) is 8.42 Å². The molecule has 8 heteroatoms. The number of hydrogen-bond acceptors (Lipinski definition) is 5. The van der Waals surface area contributed by atoms with Crippen molar-refractivity contribution in [3.05, 3.63) is 59.2 Å². The molecule has 1 heterocycles. The second-order valence-electron chi connectivity index (χ2n) is 8.43. The molecule has 0 bridgehead atoms. The van der Waals surface area contributed by atoms with Crippen LogP contribution in [0.2, 0.25) is 0 Å². The summed E-state index contributed by atoms with van der Waals surface area (Å²) < 4.78 is 38.2. The smallest absolute Gasteiger partial charge is 0.251 e. The lowest BCUT2D eigenvalue weighted by molar-refractivity contribution is 0.0730. The molecule has 1 atom stereocenters. The molecule has 2 aromatic rings. The fraction of sp³-hybridized carbons (Fsp3) is 0.458. The SMILES string of the molecule is COc1ccc(C(CC(C)C)NC(=O)c2ccc(C)c(S(=O)(=O)N3CCOCC3)c2)cc1. The van der Waals surface area contributed by atoms with Crippen LogP contribution in [0.1, 0.15) is 47.8 Å². The van der Waals surface area contributed by atoms with Crippen LogP contribution in [-0.4, -0.2) is 52.0 Å². The molecule has 1 fully saturated rings. The third kappa shape index (κ3) is 5.68. The highest BCUT2D eigenvalue weighted by atomic mass is 32.2. The van der Waals surface area contributed by atoms with E-state index in [1.54, 1.807) is 26.2 Å². The molecule has 0 radical (unpaired) electrons. The van der Waals surface area contributed by atoms with E-state index in [1.807, 2.05) is 24.3 Å². The highest BCUT2D eigenvalue weighted by molar-refractivity contribution is 7.89. The molecule has 3 rings (SSSR count). The zero-order chi connectivity index (χ0) is 23.3. The van der Waals surface area contributed by atoms with E-state index in [0.717, 1.165) is 17.7 Å². The molecule has 1 amide bonds. The lowest BCUT2D eigenvalue weighted by atomic mass is 9.96. The molecule has 0 aliphatic carbocycles. The molecule has 1 aliphatic heterocycles. The summed E-state index contributed by atoms with van der Waals surface area (Å²) in [6.07, 6.45) is 0.753. The van der Waals surface area contributed by atoms with Crippen LogP contribution in [0.3, 0.4) is 0 Å². The molecule has 0 saturated carbocycles. The number of hydrogen-bond donors (Lipinski definition) is 1. The van der Waals surface area contributed by atoms with E-state index in [9.17, 15) is 13.2 Å². The van der Waals surface area contributed by atoms with E-state index >= 15 is 0 Å². The van der Waals surface area contributed by atoms with Gasteiger partial charge in [0.05, 0.1) is 31.3 Å². The van der Waals surface area contributed by atoms with Crippen molar-refractivity contribution in [3.63, 3.8) is 0 Å². The van der Waals surface area contributed by atoms with Crippen LogP contribution in [-0.2, 0) is 14.8 Å². The van der Waals surface area contributed by atoms with Gasteiger partial charge in [-0.3, -0.25) is 4.79 Å². The summed E-state index contributed by atoms with van der Waals surface area (Å²) in [5.41, 5.74) is 1.91. The van der Waals surface area contributed by atoms with Gasteiger partial charge >= 0.3 is 0 Å². The Bertz CT molecular complexity index is 1030. The minimum absolute atomic E-state index is 0.164. The number of aryl methyl sites for hydroxylation is 1. The van der Waals surface area contributed by atoms with Crippen molar-refractivity contribution in [2.75, 3.05) is 33.4 Å². The van der Waals surface area contributed by atoms with Crippen LogP contribution in [0, 0.1) is 12.8 Å². The maximum atomic E-state index is 13.2. The van der Waals surface area contributed by atoms with E-state index in [2.05, 4.69) is 19.2 Å². The van der Waals surface area contributed by atoms with Gasteiger partial charge in [-0.05, 0) is 54.7 Å². The normalized spacial score (nSPS) is 16.0. The number of methoxy groups -OCH3 is 1. The van der Waals surface area contributed by atoms with E-state index in [-0.39, 0.29) is 16.8 Å². The first-order valence-electron chi connectivity index (χ1n) is 10.9. The average Bonchev–Trinajstić information content (AvgIpc) is 2.79. The van der Waals surface area contributed by atoms with Crippen LogP contribution < -0.4 is 10.1 Å². The van der Waals surface area contributed by atoms with E-state index in [4.69, 9.17) is 9.47 Å². The molecule has 2 aromatic carbocycles. The molecule has 1 unspecified atom stereocenters. The van der Waals surface area contributed by atoms with E-state index in [1.165, 1.54) is 10.4 Å². The van der Waals surface area contributed by atoms with Crippen molar-refractivity contribution in [1.82, 2.24) is 9.62 Å². The summed E-state index contributed by atoms with van der Waals surface area (Å²) in [7, 11) is -2.08. The number of benzene rings is 2. The van der Waals surface area contributed by atoms with E-state index in [0.29, 0.717) is 43.3 Å². The van der Waals surface area contributed by atoms with Crippen LogP contribution in [0.25, 0.3) is 0 Å². The molecule has 7 nitrogen and oxygen atoms in total. The third-order valence-corrected chi connectivity index (χ3v) is 7.61. The molecule has 174 valence electrons. The molecule has 1 saturated heterocycles. The van der Waals surface area contributed by atoms with Gasteiger partial charge in [0, 0.05) is 18.7 Å².